The van der Waals surface area contributed by atoms with Gasteiger partial charge in [-0.3, -0.25) is 0 Å². The maximum Gasteiger partial charge on any atom is 0.240 e. The minimum Gasteiger partial charge on any atom is -0.314 e. The summed E-state index contributed by atoms with van der Waals surface area (Å²) >= 11 is 0. The van der Waals surface area contributed by atoms with Crippen molar-refractivity contribution in [3.05, 3.63) is 29.8 Å². The van der Waals surface area contributed by atoms with Gasteiger partial charge in [0.1, 0.15) is 0 Å². The fourth-order valence-electron chi connectivity index (χ4n) is 2.67. The molecule has 2 N–H and O–H groups in total. The summed E-state index contributed by atoms with van der Waals surface area (Å²) in [7, 11) is -3.38. The third-order valence-corrected chi connectivity index (χ3v) is 5.80. The zero-order chi connectivity index (χ0) is 15.3. The van der Waals surface area contributed by atoms with Gasteiger partial charge in [0.25, 0.3) is 0 Å². The third-order valence-electron chi connectivity index (χ3n) is 4.32. The van der Waals surface area contributed by atoms with Gasteiger partial charge in [0.2, 0.25) is 10.0 Å². The quantitative estimate of drug-likeness (QED) is 0.814. The van der Waals surface area contributed by atoms with Crippen LogP contribution < -0.4 is 10.0 Å². The molecule has 1 fully saturated rings. The molecule has 1 heterocycles. The van der Waals surface area contributed by atoms with Crippen LogP contribution in [0.4, 0.5) is 0 Å². The van der Waals surface area contributed by atoms with E-state index in [1.165, 1.54) is 12.0 Å². The molecule has 0 spiro atoms. The topological polar surface area (TPSA) is 58.2 Å². The van der Waals surface area contributed by atoms with Crippen molar-refractivity contribution in [2.24, 2.45) is 0 Å². The van der Waals surface area contributed by atoms with Crippen LogP contribution in [0.5, 0.6) is 0 Å². The highest BCUT2D eigenvalue weighted by Crippen LogP contribution is 2.20. The van der Waals surface area contributed by atoms with Crippen LogP contribution in [0.3, 0.4) is 0 Å². The summed E-state index contributed by atoms with van der Waals surface area (Å²) in [6.45, 7) is 5.83. The second-order valence-electron chi connectivity index (χ2n) is 5.86. The van der Waals surface area contributed by atoms with E-state index in [1.54, 1.807) is 12.1 Å². The molecule has 2 atom stereocenters. The Morgan fingerprint density at radius 3 is 2.62 bits per heavy atom. The van der Waals surface area contributed by atoms with E-state index in [9.17, 15) is 8.42 Å². The van der Waals surface area contributed by atoms with Gasteiger partial charge in [-0.1, -0.05) is 26.0 Å². The molecule has 2 rings (SSSR count). The summed E-state index contributed by atoms with van der Waals surface area (Å²) in [5.41, 5.74) is 1.19. The molecule has 0 bridgehead atoms. The lowest BCUT2D eigenvalue weighted by Crippen LogP contribution is -2.30. The molecular formula is C16H26N2O2S. The molecular weight excluding hydrogens is 284 g/mol. The molecule has 1 aromatic carbocycles. The third kappa shape index (κ3) is 4.53. The number of hydrogen-bond donors (Lipinski definition) is 2. The van der Waals surface area contributed by atoms with E-state index >= 15 is 0 Å². The van der Waals surface area contributed by atoms with Crippen molar-refractivity contribution in [3.8, 4) is 0 Å². The molecule has 1 aliphatic rings. The highest BCUT2D eigenvalue weighted by molar-refractivity contribution is 7.89. The van der Waals surface area contributed by atoms with E-state index in [0.717, 1.165) is 25.8 Å². The second-order valence-corrected chi connectivity index (χ2v) is 7.63. The van der Waals surface area contributed by atoms with Crippen molar-refractivity contribution in [2.45, 2.75) is 56.4 Å². The Bertz CT molecular complexity index is 534. The average molecular weight is 310 g/mol. The smallest absolute Gasteiger partial charge is 0.240 e. The Labute approximate surface area is 128 Å². The molecule has 0 aliphatic carbocycles. The number of rotatable bonds is 7. The molecule has 5 heteroatoms. The van der Waals surface area contributed by atoms with Gasteiger partial charge in [0, 0.05) is 12.6 Å². The summed E-state index contributed by atoms with van der Waals surface area (Å²) in [5, 5.41) is 3.37. The fourth-order valence-corrected chi connectivity index (χ4v) is 3.71. The molecule has 0 saturated carbocycles. The van der Waals surface area contributed by atoms with Gasteiger partial charge in [-0.15, -0.1) is 0 Å². The Kier molecular flexibility index (Phi) is 5.79. The Hall–Kier alpha value is -0.910. The van der Waals surface area contributed by atoms with Crippen molar-refractivity contribution < 1.29 is 8.42 Å². The predicted molar refractivity (Wildman–Crippen MR) is 86.0 cm³/mol. The van der Waals surface area contributed by atoms with E-state index in [-0.39, 0.29) is 0 Å². The van der Waals surface area contributed by atoms with Gasteiger partial charge in [-0.05, 0) is 55.8 Å². The molecule has 0 aromatic heterocycles. The van der Waals surface area contributed by atoms with Gasteiger partial charge in [-0.25, -0.2) is 13.1 Å². The highest BCUT2D eigenvalue weighted by atomic mass is 32.2. The van der Waals surface area contributed by atoms with Gasteiger partial charge in [-0.2, -0.15) is 0 Å². The lowest BCUT2D eigenvalue weighted by atomic mass is 9.99. The van der Waals surface area contributed by atoms with Crippen LogP contribution in [-0.4, -0.2) is 27.5 Å². The SMILES string of the molecule is CCC(C)c1ccc(S(=O)(=O)NCC[C@@H]2CCCN2)cc1. The fraction of sp³-hybridized carbons (Fsp3) is 0.625. The van der Waals surface area contributed by atoms with E-state index < -0.39 is 10.0 Å². The molecule has 0 amide bonds. The Balaban J connectivity index is 1.92. The minimum absolute atomic E-state index is 0.355. The summed E-state index contributed by atoms with van der Waals surface area (Å²) in [6.07, 6.45) is 4.24. The maximum atomic E-state index is 12.2. The van der Waals surface area contributed by atoms with Crippen LogP contribution in [0.2, 0.25) is 0 Å². The van der Waals surface area contributed by atoms with Crippen LogP contribution >= 0.6 is 0 Å². The van der Waals surface area contributed by atoms with Crippen LogP contribution in [-0.2, 0) is 10.0 Å². The van der Waals surface area contributed by atoms with Crippen molar-refractivity contribution >= 4 is 10.0 Å². The minimum atomic E-state index is -3.38. The number of sulfonamides is 1. The number of hydrogen-bond acceptors (Lipinski definition) is 3. The lowest BCUT2D eigenvalue weighted by Gasteiger charge is -2.12. The molecule has 0 radical (unpaired) electrons. The summed E-state index contributed by atoms with van der Waals surface area (Å²) in [5.74, 6) is 0.461. The Morgan fingerprint density at radius 2 is 2.05 bits per heavy atom. The molecule has 21 heavy (non-hydrogen) atoms. The first kappa shape index (κ1) is 16.5. The van der Waals surface area contributed by atoms with E-state index in [2.05, 4.69) is 23.9 Å². The van der Waals surface area contributed by atoms with Crippen LogP contribution in [0.25, 0.3) is 0 Å². The highest BCUT2D eigenvalue weighted by Gasteiger charge is 2.17. The standard InChI is InChI=1S/C16H26N2O2S/c1-3-13(2)14-6-8-16(9-7-14)21(19,20)18-12-10-15-5-4-11-17-15/h6-9,13,15,17-18H,3-5,10-12H2,1-2H3/t13?,15-/m0/s1. The molecule has 1 saturated heterocycles. The van der Waals surface area contributed by atoms with Crippen LogP contribution in [0.1, 0.15) is 51.0 Å². The molecule has 1 unspecified atom stereocenters. The van der Waals surface area contributed by atoms with Crippen LogP contribution in [0, 0.1) is 0 Å². The summed E-state index contributed by atoms with van der Waals surface area (Å²) in [4.78, 5) is 0.355. The molecule has 1 aromatic rings. The van der Waals surface area contributed by atoms with Crippen molar-refractivity contribution in [2.75, 3.05) is 13.1 Å². The zero-order valence-corrected chi connectivity index (χ0v) is 13.7. The van der Waals surface area contributed by atoms with E-state index in [4.69, 9.17) is 0 Å². The van der Waals surface area contributed by atoms with Gasteiger partial charge >= 0.3 is 0 Å². The van der Waals surface area contributed by atoms with Gasteiger partial charge < -0.3 is 5.32 Å². The average Bonchev–Trinajstić information content (AvgIpc) is 2.99. The monoisotopic (exact) mass is 310 g/mol. The van der Waals surface area contributed by atoms with Crippen molar-refractivity contribution in [1.82, 2.24) is 10.0 Å². The first-order valence-electron chi connectivity index (χ1n) is 7.86. The van der Waals surface area contributed by atoms with E-state index in [0.29, 0.717) is 23.4 Å². The predicted octanol–water partition coefficient (Wildman–Crippen LogP) is 2.62. The molecule has 1 aliphatic heterocycles. The first-order valence-corrected chi connectivity index (χ1v) is 9.34. The lowest BCUT2D eigenvalue weighted by molar-refractivity contribution is 0.539. The number of nitrogens with one attached hydrogen (secondary N) is 2. The molecule has 4 nitrogen and oxygen atoms in total. The Morgan fingerprint density at radius 1 is 1.33 bits per heavy atom. The van der Waals surface area contributed by atoms with Gasteiger partial charge in [0.05, 0.1) is 4.90 Å². The maximum absolute atomic E-state index is 12.2. The van der Waals surface area contributed by atoms with Crippen LogP contribution in [0.15, 0.2) is 29.2 Å². The summed E-state index contributed by atoms with van der Waals surface area (Å²) in [6, 6.07) is 7.71. The summed E-state index contributed by atoms with van der Waals surface area (Å²) < 4.78 is 27.1. The van der Waals surface area contributed by atoms with E-state index in [1.807, 2.05) is 12.1 Å². The second kappa shape index (κ2) is 7.38. The zero-order valence-electron chi connectivity index (χ0n) is 12.9. The van der Waals surface area contributed by atoms with Crippen molar-refractivity contribution in [1.29, 1.82) is 0 Å². The molecule has 118 valence electrons. The van der Waals surface area contributed by atoms with Gasteiger partial charge in [0.15, 0.2) is 0 Å². The number of benzene rings is 1. The normalized spacial score (nSPS) is 20.6. The first-order chi connectivity index (χ1) is 10.0. The van der Waals surface area contributed by atoms with Crippen molar-refractivity contribution in [3.63, 3.8) is 0 Å². The largest absolute Gasteiger partial charge is 0.314 e.